The van der Waals surface area contributed by atoms with E-state index in [9.17, 15) is 4.79 Å². The number of rotatable bonds is 13. The number of ether oxygens (including phenoxy) is 1. The third kappa shape index (κ3) is 7.08. The Morgan fingerprint density at radius 3 is 2.30 bits per heavy atom. The van der Waals surface area contributed by atoms with Crippen LogP contribution in [-0.4, -0.2) is 57.2 Å². The maximum absolute atomic E-state index is 13.3. The molecule has 194 valence electrons. The van der Waals surface area contributed by atoms with Gasteiger partial charge in [-0.15, -0.1) is 0 Å². The summed E-state index contributed by atoms with van der Waals surface area (Å²) in [5.74, 6) is 0.323. The molecule has 0 radical (unpaired) electrons. The molecule has 4 rings (SSSR count). The maximum Gasteiger partial charge on any atom is 0.232 e. The highest BCUT2D eigenvalue weighted by Crippen LogP contribution is 2.27. The molecule has 0 atom stereocenters. The molecule has 0 aliphatic rings. The number of hydrogen-bond acceptors (Lipinski definition) is 7. The number of fused-ring (bicyclic) bond motifs is 1. The first-order valence-corrected chi connectivity index (χ1v) is 13.5. The Morgan fingerprint density at radius 2 is 1.68 bits per heavy atom. The zero-order chi connectivity index (χ0) is 26.0. The Bertz CT molecular complexity index is 1240. The van der Waals surface area contributed by atoms with Crippen LogP contribution in [0.15, 0.2) is 72.0 Å². The predicted molar refractivity (Wildman–Crippen MR) is 149 cm³/mol. The molecule has 37 heavy (non-hydrogen) atoms. The molecule has 8 nitrogen and oxygen atoms in total. The molecule has 0 fully saturated rings. The zero-order valence-electron chi connectivity index (χ0n) is 21.6. The molecule has 2 heterocycles. The van der Waals surface area contributed by atoms with E-state index >= 15 is 0 Å². The molecular formula is C28H34N6O2S. The molecule has 0 spiro atoms. The minimum atomic E-state index is -0.380. The molecule has 0 saturated heterocycles. The minimum Gasteiger partial charge on any atom is -0.380 e. The third-order valence-electron chi connectivity index (χ3n) is 5.71. The SMILES string of the molecule is CCOCCNc1nc(SC(C)C)nc2c1cnn2CCNC(=O)C(c1ccccc1)c1ccccc1. The van der Waals surface area contributed by atoms with Gasteiger partial charge in [0.15, 0.2) is 10.8 Å². The van der Waals surface area contributed by atoms with Gasteiger partial charge in [-0.3, -0.25) is 4.79 Å². The van der Waals surface area contributed by atoms with Crippen LogP contribution in [0.1, 0.15) is 37.8 Å². The van der Waals surface area contributed by atoms with Gasteiger partial charge in [0.2, 0.25) is 5.91 Å². The average Bonchev–Trinajstić information content (AvgIpc) is 3.30. The highest BCUT2D eigenvalue weighted by molar-refractivity contribution is 7.99. The van der Waals surface area contributed by atoms with Gasteiger partial charge in [-0.05, 0) is 18.1 Å². The van der Waals surface area contributed by atoms with Crippen LogP contribution in [0.2, 0.25) is 0 Å². The van der Waals surface area contributed by atoms with Gasteiger partial charge in [0.1, 0.15) is 5.82 Å². The molecule has 1 amide bonds. The first-order valence-electron chi connectivity index (χ1n) is 12.7. The number of carbonyl (C=O) groups excluding carboxylic acids is 1. The van der Waals surface area contributed by atoms with Gasteiger partial charge in [0, 0.05) is 24.9 Å². The van der Waals surface area contributed by atoms with Gasteiger partial charge in [0.05, 0.1) is 30.7 Å². The van der Waals surface area contributed by atoms with Gasteiger partial charge in [-0.25, -0.2) is 14.6 Å². The van der Waals surface area contributed by atoms with Crippen LogP contribution in [0.4, 0.5) is 5.82 Å². The smallest absolute Gasteiger partial charge is 0.232 e. The number of aromatic nitrogens is 4. The number of nitrogens with zero attached hydrogens (tertiary/aromatic N) is 4. The van der Waals surface area contributed by atoms with E-state index in [1.807, 2.05) is 72.3 Å². The fourth-order valence-electron chi connectivity index (χ4n) is 4.06. The second-order valence-electron chi connectivity index (χ2n) is 8.80. The van der Waals surface area contributed by atoms with Crippen molar-refractivity contribution in [3.05, 3.63) is 78.0 Å². The van der Waals surface area contributed by atoms with Crippen molar-refractivity contribution in [2.45, 2.75) is 43.6 Å². The summed E-state index contributed by atoms with van der Waals surface area (Å²) >= 11 is 1.61. The summed E-state index contributed by atoms with van der Waals surface area (Å²) in [6.45, 7) is 9.04. The number of benzene rings is 2. The Balaban J connectivity index is 1.50. The van der Waals surface area contributed by atoms with Crippen LogP contribution in [0.3, 0.4) is 0 Å². The van der Waals surface area contributed by atoms with E-state index in [2.05, 4.69) is 29.6 Å². The first-order chi connectivity index (χ1) is 18.1. The zero-order valence-corrected chi connectivity index (χ0v) is 22.4. The number of amides is 1. The molecule has 0 unspecified atom stereocenters. The number of hydrogen-bond donors (Lipinski definition) is 2. The summed E-state index contributed by atoms with van der Waals surface area (Å²) in [6, 6.07) is 19.7. The third-order valence-corrected chi connectivity index (χ3v) is 6.58. The Morgan fingerprint density at radius 1 is 1.00 bits per heavy atom. The van der Waals surface area contributed by atoms with Gasteiger partial charge in [-0.1, -0.05) is 86.3 Å². The van der Waals surface area contributed by atoms with Crippen molar-refractivity contribution in [3.63, 3.8) is 0 Å². The van der Waals surface area contributed by atoms with E-state index in [1.165, 1.54) is 0 Å². The highest BCUT2D eigenvalue weighted by Gasteiger charge is 2.22. The summed E-state index contributed by atoms with van der Waals surface area (Å²) in [5.41, 5.74) is 2.66. The topological polar surface area (TPSA) is 94.0 Å². The molecule has 0 bridgehead atoms. The summed E-state index contributed by atoms with van der Waals surface area (Å²) in [7, 11) is 0. The van der Waals surface area contributed by atoms with Gasteiger partial charge in [0.25, 0.3) is 0 Å². The van der Waals surface area contributed by atoms with E-state index < -0.39 is 0 Å². The van der Waals surface area contributed by atoms with Crippen molar-refractivity contribution in [1.82, 2.24) is 25.1 Å². The highest BCUT2D eigenvalue weighted by atomic mass is 32.2. The molecule has 0 saturated carbocycles. The standard InChI is InChI=1S/C28H34N6O2S/c1-4-36-18-16-29-25-23-19-31-34(26(23)33-28(32-25)37-20(2)3)17-15-30-27(35)24(21-11-7-5-8-12-21)22-13-9-6-10-14-22/h5-14,19-20,24H,4,15-18H2,1-3H3,(H,30,35)(H,29,32,33). The number of anilines is 1. The van der Waals surface area contributed by atoms with Crippen LogP contribution in [0.25, 0.3) is 11.0 Å². The lowest BCUT2D eigenvalue weighted by Gasteiger charge is -2.18. The van der Waals surface area contributed by atoms with Crippen molar-refractivity contribution >= 4 is 34.5 Å². The van der Waals surface area contributed by atoms with E-state index in [1.54, 1.807) is 18.0 Å². The lowest BCUT2D eigenvalue weighted by Crippen LogP contribution is -2.32. The predicted octanol–water partition coefficient (Wildman–Crippen LogP) is 4.72. The van der Waals surface area contributed by atoms with E-state index in [4.69, 9.17) is 14.7 Å². The molecule has 0 aliphatic heterocycles. The largest absolute Gasteiger partial charge is 0.380 e. The molecule has 2 aromatic heterocycles. The summed E-state index contributed by atoms with van der Waals surface area (Å²) in [5, 5.41) is 12.9. The Labute approximate surface area is 222 Å². The van der Waals surface area contributed by atoms with Crippen molar-refractivity contribution in [1.29, 1.82) is 0 Å². The number of carbonyl (C=O) groups is 1. The maximum atomic E-state index is 13.3. The molecule has 0 aliphatic carbocycles. The molecule has 2 N–H and O–H groups in total. The normalized spacial score (nSPS) is 11.4. The summed E-state index contributed by atoms with van der Waals surface area (Å²) < 4.78 is 7.28. The second kappa shape index (κ2) is 13.2. The Kier molecular flexibility index (Phi) is 9.51. The lowest BCUT2D eigenvalue weighted by molar-refractivity contribution is -0.121. The molecule has 2 aromatic carbocycles. The van der Waals surface area contributed by atoms with Gasteiger partial charge < -0.3 is 15.4 Å². The van der Waals surface area contributed by atoms with E-state index in [0.717, 1.165) is 28.0 Å². The van der Waals surface area contributed by atoms with Crippen LogP contribution < -0.4 is 10.6 Å². The lowest BCUT2D eigenvalue weighted by atomic mass is 9.90. The monoisotopic (exact) mass is 518 g/mol. The first kappa shape index (κ1) is 26.6. The summed E-state index contributed by atoms with van der Waals surface area (Å²) in [6.07, 6.45) is 1.78. The number of thioether (sulfide) groups is 1. The second-order valence-corrected chi connectivity index (χ2v) is 10.3. The van der Waals surface area contributed by atoms with Crippen molar-refractivity contribution in [2.75, 3.05) is 31.6 Å². The molecular weight excluding hydrogens is 484 g/mol. The van der Waals surface area contributed by atoms with Crippen molar-refractivity contribution in [3.8, 4) is 0 Å². The summed E-state index contributed by atoms with van der Waals surface area (Å²) in [4.78, 5) is 22.8. The molecule has 4 aromatic rings. The number of nitrogens with one attached hydrogen (secondary N) is 2. The van der Waals surface area contributed by atoms with Gasteiger partial charge in [-0.2, -0.15) is 5.10 Å². The molecule has 9 heteroatoms. The fraction of sp³-hybridized carbons (Fsp3) is 0.357. The average molecular weight is 519 g/mol. The van der Waals surface area contributed by atoms with Crippen molar-refractivity contribution < 1.29 is 9.53 Å². The quantitative estimate of drug-likeness (QED) is 0.150. The fourth-order valence-corrected chi connectivity index (χ4v) is 4.76. The van der Waals surface area contributed by atoms with Crippen LogP contribution in [-0.2, 0) is 16.1 Å². The van der Waals surface area contributed by atoms with Crippen LogP contribution >= 0.6 is 11.8 Å². The Hall–Kier alpha value is -3.43. The van der Waals surface area contributed by atoms with Crippen LogP contribution in [0, 0.1) is 0 Å². The van der Waals surface area contributed by atoms with E-state index in [0.29, 0.717) is 43.3 Å². The van der Waals surface area contributed by atoms with E-state index in [-0.39, 0.29) is 11.8 Å². The minimum absolute atomic E-state index is 0.0437. The van der Waals surface area contributed by atoms with Gasteiger partial charge >= 0.3 is 0 Å². The van der Waals surface area contributed by atoms with Crippen LogP contribution in [0.5, 0.6) is 0 Å². The van der Waals surface area contributed by atoms with Crippen molar-refractivity contribution in [2.24, 2.45) is 0 Å².